The number of para-hydroxylation sites is 1. The van der Waals surface area contributed by atoms with E-state index in [4.69, 9.17) is 4.42 Å². The van der Waals surface area contributed by atoms with Gasteiger partial charge in [-0.05, 0) is 111 Å². The van der Waals surface area contributed by atoms with Crippen molar-refractivity contribution in [3.8, 4) is 11.1 Å². The van der Waals surface area contributed by atoms with Gasteiger partial charge in [0.15, 0.2) is 0 Å². The minimum absolute atomic E-state index is 0.00227. The third kappa shape index (κ3) is 7.77. The van der Waals surface area contributed by atoms with Gasteiger partial charge in [-0.15, -0.1) is 0 Å². The maximum atomic E-state index is 7.47. The Balaban J connectivity index is 1.24. The fraction of sp³-hybridized carbons (Fsp3) is 0.176. The molecule has 6 heteroatoms. The van der Waals surface area contributed by atoms with E-state index in [9.17, 15) is 0 Å². The van der Waals surface area contributed by atoms with Gasteiger partial charge in [0, 0.05) is 51.4 Å². The molecule has 0 saturated heterocycles. The monoisotopic (exact) mass is 995 g/mol. The molecule has 12 rings (SSSR count). The van der Waals surface area contributed by atoms with E-state index < -0.39 is 5.41 Å². The van der Waals surface area contributed by atoms with E-state index in [1.54, 1.807) is 0 Å². The Labute approximate surface area is 442 Å². The van der Waals surface area contributed by atoms with Crippen LogP contribution in [0.1, 0.15) is 80.5 Å². The molecule has 2 heterocycles. The minimum atomic E-state index is -0.791. The lowest BCUT2D eigenvalue weighted by molar-refractivity contribution is 0.590. The molecule has 0 radical (unpaired) electrons. The highest BCUT2D eigenvalue weighted by Gasteiger charge is 2.50. The number of nitrogens with zero attached hydrogens (tertiary/aromatic N) is 2. The van der Waals surface area contributed by atoms with Crippen molar-refractivity contribution in [2.24, 2.45) is 0 Å². The average molecular weight is 996 g/mol. The van der Waals surface area contributed by atoms with E-state index in [0.29, 0.717) is 6.54 Å². The Morgan fingerprint density at radius 3 is 1.45 bits per heavy atom. The summed E-state index contributed by atoms with van der Waals surface area (Å²) in [6.45, 7) is 19.2. The topological polar surface area (TPSA) is 31.6 Å². The van der Waals surface area contributed by atoms with E-state index in [1.165, 1.54) is 49.3 Å². The van der Waals surface area contributed by atoms with Crippen LogP contribution in [0.15, 0.2) is 205 Å². The smallest absolute Gasteiger partial charge is 0.145 e. The molecule has 2 aliphatic rings. The summed E-state index contributed by atoms with van der Waals surface area (Å²) >= 11 is 0. The largest absolute Gasteiger partial charge is 0.455 e. The van der Waals surface area contributed by atoms with Crippen LogP contribution in [-0.4, -0.2) is 25.6 Å². The lowest BCUT2D eigenvalue weighted by Crippen LogP contribution is -2.29. The van der Waals surface area contributed by atoms with Crippen LogP contribution in [0.25, 0.3) is 39.1 Å². The molecule has 0 unspecified atom stereocenters. The average Bonchev–Trinajstić information content (AvgIpc) is 3.96. The summed E-state index contributed by atoms with van der Waals surface area (Å²) in [4.78, 5) is 5.00. The lowest BCUT2D eigenvalue weighted by atomic mass is 9.67. The van der Waals surface area contributed by atoms with Crippen LogP contribution in [0.2, 0.25) is 13.1 Å². The fourth-order valence-corrected chi connectivity index (χ4v) is 13.3. The highest BCUT2D eigenvalue weighted by Crippen LogP contribution is 2.64. The Kier molecular flexibility index (Phi) is 11.8. The van der Waals surface area contributed by atoms with Crippen LogP contribution in [-0.2, 0) is 16.2 Å². The van der Waals surface area contributed by atoms with Crippen molar-refractivity contribution in [1.82, 2.24) is 0 Å². The highest BCUT2D eigenvalue weighted by atomic mass is 28.2. The van der Waals surface area contributed by atoms with Crippen molar-refractivity contribution in [2.75, 3.05) is 21.7 Å². The molecule has 0 atom stereocenters. The highest BCUT2D eigenvalue weighted by molar-refractivity contribution is 6.52. The minimum Gasteiger partial charge on any atom is -0.455 e. The number of fused-ring (bicyclic) bond motifs is 9. The Bertz CT molecular complexity index is 3690. The number of hydrogen-bond donors (Lipinski definition) is 1. The molecular formula is C68H65N3OSi2. The van der Waals surface area contributed by atoms with Crippen molar-refractivity contribution in [3.05, 3.63) is 239 Å². The first-order chi connectivity index (χ1) is 35.9. The second-order valence-electron chi connectivity index (χ2n) is 22.3. The van der Waals surface area contributed by atoms with Gasteiger partial charge in [-0.25, -0.2) is 0 Å². The Hall–Kier alpha value is -7.65. The van der Waals surface area contributed by atoms with Gasteiger partial charge < -0.3 is 19.5 Å². The summed E-state index contributed by atoms with van der Waals surface area (Å²) in [7, 11) is -0.722. The molecule has 1 aliphatic heterocycles. The van der Waals surface area contributed by atoms with Gasteiger partial charge in [0.25, 0.3) is 0 Å². The van der Waals surface area contributed by atoms with E-state index in [1.807, 2.05) is 0 Å². The SMILES string of the molecule is C[SiH2]c1ccc(N(c2ccc(C(C)(C)C)cc2)c2cc3c(c4c2C=CCN4)-c2c(cc(N(c4ccc([SiH2]C)cc4)c4ccc(C(C)(C)C)cc4)c4c2oc2ccccc24)C3(c2ccccc2)c2ccccc2)cc1. The quantitative estimate of drug-likeness (QED) is 0.138. The number of benzene rings is 9. The number of rotatable bonds is 10. The third-order valence-corrected chi connectivity index (χ3v) is 18.4. The van der Waals surface area contributed by atoms with Gasteiger partial charge in [-0.2, -0.15) is 0 Å². The van der Waals surface area contributed by atoms with E-state index in [0.717, 1.165) is 72.9 Å². The Morgan fingerprint density at radius 2 is 0.946 bits per heavy atom. The van der Waals surface area contributed by atoms with Crippen molar-refractivity contribution in [2.45, 2.75) is 70.9 Å². The fourth-order valence-electron chi connectivity index (χ4n) is 11.9. The molecule has 1 N–H and O–H groups in total. The van der Waals surface area contributed by atoms with Crippen LogP contribution < -0.4 is 25.5 Å². The summed E-state index contributed by atoms with van der Waals surface area (Å²) in [5, 5.41) is 9.13. The molecular weight excluding hydrogens is 931 g/mol. The number of hydrogen-bond acceptors (Lipinski definition) is 4. The van der Waals surface area contributed by atoms with Crippen molar-refractivity contribution in [1.29, 1.82) is 0 Å². The van der Waals surface area contributed by atoms with Crippen LogP contribution in [0, 0.1) is 0 Å². The molecule has 74 heavy (non-hydrogen) atoms. The zero-order chi connectivity index (χ0) is 50.9. The summed E-state index contributed by atoms with van der Waals surface area (Å²) in [6, 6.07) is 73.5. The van der Waals surface area contributed by atoms with Gasteiger partial charge in [0.05, 0.1) is 46.9 Å². The molecule has 0 fully saturated rings. The maximum Gasteiger partial charge on any atom is 0.145 e. The summed E-state index contributed by atoms with van der Waals surface area (Å²) in [6.07, 6.45) is 4.63. The zero-order valence-electron chi connectivity index (χ0n) is 44.1. The molecule has 10 aromatic rings. The molecule has 0 spiro atoms. The molecule has 1 aromatic heterocycles. The first-order valence-electron chi connectivity index (χ1n) is 26.6. The van der Waals surface area contributed by atoms with Gasteiger partial charge in [0.1, 0.15) is 11.2 Å². The van der Waals surface area contributed by atoms with Gasteiger partial charge in [-0.1, -0.05) is 205 Å². The van der Waals surface area contributed by atoms with Crippen LogP contribution >= 0.6 is 0 Å². The van der Waals surface area contributed by atoms with E-state index >= 15 is 0 Å². The summed E-state index contributed by atoms with van der Waals surface area (Å²) in [5.41, 5.74) is 19.6. The Morgan fingerprint density at radius 1 is 0.500 bits per heavy atom. The summed E-state index contributed by atoms with van der Waals surface area (Å²) < 4.78 is 7.47. The zero-order valence-corrected chi connectivity index (χ0v) is 46.9. The van der Waals surface area contributed by atoms with Gasteiger partial charge in [0.2, 0.25) is 0 Å². The van der Waals surface area contributed by atoms with Gasteiger partial charge in [-0.3, -0.25) is 0 Å². The first kappa shape index (κ1) is 47.4. The van der Waals surface area contributed by atoms with E-state index in [2.05, 4.69) is 276 Å². The second-order valence-corrected chi connectivity index (χ2v) is 25.3. The second kappa shape index (κ2) is 18.4. The molecule has 366 valence electrons. The van der Waals surface area contributed by atoms with Crippen molar-refractivity contribution >= 4 is 97.2 Å². The first-order valence-corrected chi connectivity index (χ1v) is 30.8. The third-order valence-electron chi connectivity index (χ3n) is 15.8. The van der Waals surface area contributed by atoms with Gasteiger partial charge >= 0.3 is 0 Å². The normalized spacial score (nSPS) is 13.9. The molecule has 9 aromatic carbocycles. The van der Waals surface area contributed by atoms with Crippen molar-refractivity contribution in [3.63, 3.8) is 0 Å². The molecule has 4 nitrogen and oxygen atoms in total. The van der Waals surface area contributed by atoms with Crippen LogP contribution in [0.3, 0.4) is 0 Å². The number of anilines is 7. The number of furan rings is 1. The molecule has 0 bridgehead atoms. The van der Waals surface area contributed by atoms with Crippen molar-refractivity contribution < 1.29 is 4.42 Å². The standard InChI is InChI=1S/C68H65N3OSi2/c1-66(2,3)44-25-29-48(30-26-44)70(50-33-37-52(73-7)38-34-50)58-42-56-62(64-54(58)23-17-41-69-64)63-57(68(56,46-18-11-9-12-19-46)47-20-13-10-14-21-47)43-59(61-55-22-15-16-24-60(55)72-65(61)63)71(51-35-39-53(74-8)40-36-51)49-31-27-45(28-32-49)67(4,5)6/h9-40,42-43,69H,41,73-74H2,1-8H3. The molecule has 0 saturated carbocycles. The molecule has 1 aliphatic carbocycles. The maximum absolute atomic E-state index is 7.47. The molecule has 0 amide bonds. The predicted octanol–water partition coefficient (Wildman–Crippen LogP) is 15.6. The predicted molar refractivity (Wildman–Crippen MR) is 323 cm³/mol. The van der Waals surface area contributed by atoms with E-state index in [-0.39, 0.29) is 29.9 Å². The number of nitrogens with one attached hydrogen (secondary N) is 1. The summed E-state index contributed by atoms with van der Waals surface area (Å²) in [5.74, 6) is 0. The van der Waals surface area contributed by atoms with Crippen LogP contribution in [0.4, 0.5) is 39.8 Å². The van der Waals surface area contributed by atoms with Crippen LogP contribution in [0.5, 0.6) is 0 Å². The lowest BCUT2D eigenvalue weighted by Gasteiger charge is -2.37.